The molecular formula is C20H22ClF2N3O4. The number of hydrogen-bond donors (Lipinski definition) is 3. The fourth-order valence-corrected chi connectivity index (χ4v) is 2.92. The summed E-state index contributed by atoms with van der Waals surface area (Å²) in [5.41, 5.74) is 1.11. The van der Waals surface area contributed by atoms with E-state index in [4.69, 9.17) is 21.1 Å². The van der Waals surface area contributed by atoms with Gasteiger partial charge in [0.05, 0.1) is 12.6 Å². The molecule has 10 heteroatoms. The van der Waals surface area contributed by atoms with Gasteiger partial charge in [-0.25, -0.2) is 4.99 Å². The number of hydrogen-bond acceptors (Lipinski definition) is 5. The first kappa shape index (κ1) is 21.9. The molecule has 2 aromatic carbocycles. The van der Waals surface area contributed by atoms with Gasteiger partial charge in [0.15, 0.2) is 17.5 Å². The zero-order valence-corrected chi connectivity index (χ0v) is 17.0. The van der Waals surface area contributed by atoms with Gasteiger partial charge >= 0.3 is 6.61 Å². The van der Waals surface area contributed by atoms with Crippen LogP contribution < -0.4 is 24.8 Å². The lowest BCUT2D eigenvalue weighted by Crippen LogP contribution is -2.39. The minimum atomic E-state index is -2.98. The number of aliphatic imine (C=N–C) groups is 1. The van der Waals surface area contributed by atoms with Crippen LogP contribution in [0.5, 0.6) is 17.2 Å². The molecule has 1 aliphatic heterocycles. The molecule has 7 nitrogen and oxygen atoms in total. The van der Waals surface area contributed by atoms with Crippen molar-refractivity contribution in [2.24, 2.45) is 4.99 Å². The quantitative estimate of drug-likeness (QED) is 0.430. The number of rotatable bonds is 8. The Morgan fingerprint density at radius 1 is 1.20 bits per heavy atom. The molecule has 1 heterocycles. The van der Waals surface area contributed by atoms with Gasteiger partial charge in [-0.15, -0.1) is 0 Å². The molecule has 0 aromatic heterocycles. The Balaban J connectivity index is 1.70. The second-order valence-corrected chi connectivity index (χ2v) is 6.77. The average molecular weight is 442 g/mol. The maximum atomic E-state index is 12.8. The number of alkyl halides is 2. The molecule has 1 unspecified atom stereocenters. The molecule has 1 aliphatic rings. The van der Waals surface area contributed by atoms with Gasteiger partial charge in [-0.2, -0.15) is 8.78 Å². The number of guanidine groups is 1. The standard InChI is InChI=1S/C20H22ClF2N3O4/c1-2-24-20(26-10-15(27)12-3-5-14(21)6-4-12)25-9-13-7-17-18(29-11-28-17)8-16(13)30-19(22)23/h3-8,15,19,27H,2,9-11H2,1H3,(H2,24,25,26). The van der Waals surface area contributed by atoms with Crippen LogP contribution >= 0.6 is 11.6 Å². The topological polar surface area (TPSA) is 84.3 Å². The first-order chi connectivity index (χ1) is 14.5. The minimum absolute atomic E-state index is 0.0168. The molecule has 0 fully saturated rings. The first-order valence-corrected chi connectivity index (χ1v) is 9.67. The third-order valence-corrected chi connectivity index (χ3v) is 4.49. The lowest BCUT2D eigenvalue weighted by atomic mass is 10.1. The molecule has 0 bridgehead atoms. The molecule has 0 spiro atoms. The predicted octanol–water partition coefficient (Wildman–Crippen LogP) is 3.46. The first-order valence-electron chi connectivity index (χ1n) is 9.29. The lowest BCUT2D eigenvalue weighted by Gasteiger charge is -2.16. The fraction of sp³-hybridized carbons (Fsp3) is 0.350. The van der Waals surface area contributed by atoms with Crippen LogP contribution in [0.3, 0.4) is 0 Å². The molecular weight excluding hydrogens is 420 g/mol. The van der Waals surface area contributed by atoms with Crippen molar-refractivity contribution in [1.29, 1.82) is 0 Å². The van der Waals surface area contributed by atoms with Crippen LogP contribution in [0.2, 0.25) is 5.02 Å². The van der Waals surface area contributed by atoms with Crippen LogP contribution in [-0.4, -0.2) is 37.6 Å². The Morgan fingerprint density at radius 2 is 1.90 bits per heavy atom. The summed E-state index contributed by atoms with van der Waals surface area (Å²) in [6.45, 7) is -0.263. The minimum Gasteiger partial charge on any atom is -0.454 e. The molecule has 2 aromatic rings. The number of halogens is 3. The van der Waals surface area contributed by atoms with Gasteiger partial charge in [0.2, 0.25) is 6.79 Å². The highest BCUT2D eigenvalue weighted by molar-refractivity contribution is 6.30. The summed E-state index contributed by atoms with van der Waals surface area (Å²) in [6.07, 6.45) is -0.783. The third kappa shape index (κ3) is 5.87. The summed E-state index contributed by atoms with van der Waals surface area (Å²) in [6, 6.07) is 9.80. The van der Waals surface area contributed by atoms with Crippen LogP contribution in [0, 0.1) is 0 Å². The number of nitrogens with one attached hydrogen (secondary N) is 2. The SMILES string of the molecule is CCNC(=NCc1cc2c(cc1OC(F)F)OCO2)NCC(O)c1ccc(Cl)cc1. The summed E-state index contributed by atoms with van der Waals surface area (Å²) >= 11 is 5.86. The van der Waals surface area contributed by atoms with Gasteiger partial charge in [0.25, 0.3) is 0 Å². The molecule has 0 radical (unpaired) electrons. The predicted molar refractivity (Wildman–Crippen MR) is 108 cm³/mol. The summed E-state index contributed by atoms with van der Waals surface area (Å²) < 4.78 is 40.7. The maximum Gasteiger partial charge on any atom is 0.387 e. The summed E-state index contributed by atoms with van der Waals surface area (Å²) in [7, 11) is 0. The number of nitrogens with zero attached hydrogens (tertiary/aromatic N) is 1. The molecule has 0 aliphatic carbocycles. The molecule has 0 amide bonds. The molecule has 1 atom stereocenters. The van der Waals surface area contributed by atoms with E-state index < -0.39 is 12.7 Å². The molecule has 3 N–H and O–H groups in total. The normalized spacial score (nSPS) is 14.0. The number of benzene rings is 2. The van der Waals surface area contributed by atoms with E-state index in [0.29, 0.717) is 40.2 Å². The van der Waals surface area contributed by atoms with Crippen molar-refractivity contribution < 1.29 is 28.1 Å². The lowest BCUT2D eigenvalue weighted by molar-refractivity contribution is -0.0505. The highest BCUT2D eigenvalue weighted by Crippen LogP contribution is 2.39. The largest absolute Gasteiger partial charge is 0.454 e. The van der Waals surface area contributed by atoms with Crippen LogP contribution in [0.1, 0.15) is 24.2 Å². The van der Waals surface area contributed by atoms with Crippen molar-refractivity contribution in [3.63, 3.8) is 0 Å². The van der Waals surface area contributed by atoms with Crippen LogP contribution in [0.25, 0.3) is 0 Å². The molecule has 30 heavy (non-hydrogen) atoms. The molecule has 0 saturated carbocycles. The third-order valence-electron chi connectivity index (χ3n) is 4.24. The highest BCUT2D eigenvalue weighted by Gasteiger charge is 2.20. The zero-order valence-electron chi connectivity index (χ0n) is 16.2. The van der Waals surface area contributed by atoms with E-state index in [1.54, 1.807) is 30.3 Å². The van der Waals surface area contributed by atoms with Gasteiger partial charge in [0.1, 0.15) is 5.75 Å². The van der Waals surface area contributed by atoms with E-state index in [0.717, 1.165) is 0 Å². The van der Waals surface area contributed by atoms with Gasteiger partial charge in [-0.1, -0.05) is 23.7 Å². The van der Waals surface area contributed by atoms with Crippen molar-refractivity contribution in [2.45, 2.75) is 26.2 Å². The number of fused-ring (bicyclic) bond motifs is 1. The maximum absolute atomic E-state index is 12.8. The monoisotopic (exact) mass is 441 g/mol. The van der Waals surface area contributed by atoms with Gasteiger partial charge in [-0.3, -0.25) is 0 Å². The van der Waals surface area contributed by atoms with Crippen LogP contribution in [0.15, 0.2) is 41.4 Å². The number of aliphatic hydroxyl groups excluding tert-OH is 1. The van der Waals surface area contributed by atoms with Gasteiger partial charge in [0, 0.05) is 29.7 Å². The number of aliphatic hydroxyl groups is 1. The van der Waals surface area contributed by atoms with E-state index in [-0.39, 0.29) is 25.6 Å². The Kier molecular flexibility index (Phi) is 7.53. The van der Waals surface area contributed by atoms with Crippen molar-refractivity contribution in [3.05, 3.63) is 52.5 Å². The number of ether oxygens (including phenoxy) is 3. The zero-order chi connectivity index (χ0) is 21.5. The second kappa shape index (κ2) is 10.3. The van der Waals surface area contributed by atoms with E-state index in [1.807, 2.05) is 6.92 Å². The molecule has 162 valence electrons. The van der Waals surface area contributed by atoms with Gasteiger partial charge < -0.3 is 30.0 Å². The Hall–Kier alpha value is -2.78. The van der Waals surface area contributed by atoms with Crippen molar-refractivity contribution in [1.82, 2.24) is 10.6 Å². The van der Waals surface area contributed by atoms with E-state index in [1.165, 1.54) is 6.07 Å². The Morgan fingerprint density at radius 3 is 2.57 bits per heavy atom. The van der Waals surface area contributed by atoms with E-state index in [9.17, 15) is 13.9 Å². The summed E-state index contributed by atoms with van der Waals surface area (Å²) in [5, 5.41) is 17.0. The van der Waals surface area contributed by atoms with Crippen molar-refractivity contribution in [2.75, 3.05) is 19.9 Å². The smallest absolute Gasteiger partial charge is 0.387 e. The van der Waals surface area contributed by atoms with Crippen LogP contribution in [-0.2, 0) is 6.54 Å². The van der Waals surface area contributed by atoms with E-state index >= 15 is 0 Å². The molecule has 0 saturated heterocycles. The second-order valence-electron chi connectivity index (χ2n) is 6.34. The van der Waals surface area contributed by atoms with Crippen molar-refractivity contribution in [3.8, 4) is 17.2 Å². The Bertz CT molecular complexity index is 881. The highest BCUT2D eigenvalue weighted by atomic mass is 35.5. The average Bonchev–Trinajstić information content (AvgIpc) is 3.17. The van der Waals surface area contributed by atoms with E-state index in [2.05, 4.69) is 20.4 Å². The molecule has 3 rings (SSSR count). The summed E-state index contributed by atoms with van der Waals surface area (Å²) in [5.74, 6) is 1.16. The Labute approximate surface area is 177 Å². The van der Waals surface area contributed by atoms with Crippen molar-refractivity contribution >= 4 is 17.6 Å². The fourth-order valence-electron chi connectivity index (χ4n) is 2.80. The van der Waals surface area contributed by atoms with Gasteiger partial charge in [-0.05, 0) is 30.7 Å². The summed E-state index contributed by atoms with van der Waals surface area (Å²) in [4.78, 5) is 4.40. The van der Waals surface area contributed by atoms with Crippen LogP contribution in [0.4, 0.5) is 8.78 Å².